The van der Waals surface area contributed by atoms with Gasteiger partial charge in [-0.15, -0.1) is 12.4 Å². The van der Waals surface area contributed by atoms with Crippen LogP contribution >= 0.6 is 12.4 Å². The van der Waals surface area contributed by atoms with E-state index in [1.807, 2.05) is 50.2 Å². The highest BCUT2D eigenvalue weighted by Crippen LogP contribution is 2.32. The van der Waals surface area contributed by atoms with Crippen molar-refractivity contribution in [3.05, 3.63) is 59.7 Å². The van der Waals surface area contributed by atoms with Gasteiger partial charge >= 0.3 is 5.97 Å². The minimum absolute atomic E-state index is 0. The van der Waals surface area contributed by atoms with Crippen molar-refractivity contribution in [2.75, 3.05) is 11.5 Å². The molecule has 1 amide bonds. The first kappa shape index (κ1) is 24.7. The van der Waals surface area contributed by atoms with E-state index in [2.05, 4.69) is 31.3 Å². The first-order chi connectivity index (χ1) is 14.3. The summed E-state index contributed by atoms with van der Waals surface area (Å²) in [5, 5.41) is 12.6. The number of ether oxygens (including phenoxy) is 1. The second-order valence-corrected chi connectivity index (χ2v) is 8.38. The molecule has 31 heavy (non-hydrogen) atoms. The minimum atomic E-state index is -0.976. The summed E-state index contributed by atoms with van der Waals surface area (Å²) in [5.41, 5.74) is 2.93. The molecule has 2 N–H and O–H groups in total. The molecule has 0 saturated heterocycles. The van der Waals surface area contributed by atoms with E-state index in [4.69, 9.17) is 4.74 Å². The third kappa shape index (κ3) is 5.77. The first-order valence-electron chi connectivity index (χ1n) is 10.4. The summed E-state index contributed by atoms with van der Waals surface area (Å²) >= 11 is 0. The van der Waals surface area contributed by atoms with Crippen molar-refractivity contribution in [1.29, 1.82) is 0 Å². The summed E-state index contributed by atoms with van der Waals surface area (Å²) in [4.78, 5) is 26.8. The molecule has 7 heteroatoms. The molecule has 2 aromatic carbocycles. The topological polar surface area (TPSA) is 78.9 Å². The number of carbonyl (C=O) groups excluding carboxylic acids is 1. The van der Waals surface area contributed by atoms with Crippen LogP contribution in [0.15, 0.2) is 48.5 Å². The second-order valence-electron chi connectivity index (χ2n) is 8.38. The van der Waals surface area contributed by atoms with E-state index in [9.17, 15) is 14.7 Å². The molecule has 0 spiro atoms. The lowest BCUT2D eigenvalue weighted by Crippen LogP contribution is -2.55. The Balaban J connectivity index is 0.00000341. The number of aliphatic carboxylic acids is 1. The van der Waals surface area contributed by atoms with Crippen LogP contribution in [0.5, 0.6) is 5.75 Å². The summed E-state index contributed by atoms with van der Waals surface area (Å²) in [5.74, 6) is -0.288. The second kappa shape index (κ2) is 10.6. The monoisotopic (exact) mass is 446 g/mol. The SMILES string of the molecule is CC(C)c1ccc(CN2C(=O)[C@@H](N[C@H](C(=O)O)C(C)C)COc3ccccc32)cc1.Cl. The van der Waals surface area contributed by atoms with E-state index < -0.39 is 18.1 Å². The van der Waals surface area contributed by atoms with Crippen LogP contribution in [-0.2, 0) is 16.1 Å². The molecule has 2 aromatic rings. The molecule has 2 atom stereocenters. The minimum Gasteiger partial charge on any atom is -0.489 e. The Kier molecular flexibility index (Phi) is 8.48. The summed E-state index contributed by atoms with van der Waals surface area (Å²) in [6.07, 6.45) is 0. The predicted molar refractivity (Wildman–Crippen MR) is 124 cm³/mol. The number of rotatable bonds is 7. The summed E-state index contributed by atoms with van der Waals surface area (Å²) in [6.45, 7) is 8.38. The van der Waals surface area contributed by atoms with E-state index in [0.29, 0.717) is 23.9 Å². The normalized spacial score (nSPS) is 16.9. The predicted octanol–water partition coefficient (Wildman–Crippen LogP) is 4.22. The standard InChI is InChI=1S/C24H30N2O4.ClH/c1-15(2)18-11-9-17(10-12-18)13-26-20-7-5-6-8-21(20)30-14-19(23(26)27)25-22(16(3)4)24(28)29;/h5-12,15-16,19,22,25H,13-14H2,1-4H3,(H,28,29);1H/t19-,22-;/m0./s1. The number of carbonyl (C=O) groups is 2. The number of nitrogens with zero attached hydrogens (tertiary/aromatic N) is 1. The van der Waals surface area contributed by atoms with E-state index in [-0.39, 0.29) is 30.8 Å². The Labute approximate surface area is 190 Å². The van der Waals surface area contributed by atoms with Gasteiger partial charge in [-0.2, -0.15) is 0 Å². The van der Waals surface area contributed by atoms with Gasteiger partial charge in [0.2, 0.25) is 5.91 Å². The number of hydrogen-bond donors (Lipinski definition) is 2. The molecule has 0 aliphatic carbocycles. The number of hydrogen-bond acceptors (Lipinski definition) is 4. The summed E-state index contributed by atoms with van der Waals surface area (Å²) in [6, 6.07) is 14.1. The van der Waals surface area contributed by atoms with Crippen LogP contribution < -0.4 is 15.0 Å². The van der Waals surface area contributed by atoms with Crippen molar-refractivity contribution >= 4 is 30.0 Å². The van der Waals surface area contributed by atoms with Crippen LogP contribution in [0.1, 0.15) is 44.7 Å². The zero-order valence-electron chi connectivity index (χ0n) is 18.4. The largest absolute Gasteiger partial charge is 0.489 e. The number of benzene rings is 2. The lowest BCUT2D eigenvalue weighted by atomic mass is 10.0. The van der Waals surface area contributed by atoms with Gasteiger partial charge in [0.1, 0.15) is 24.4 Å². The summed E-state index contributed by atoms with van der Waals surface area (Å²) in [7, 11) is 0. The highest BCUT2D eigenvalue weighted by atomic mass is 35.5. The van der Waals surface area contributed by atoms with Crippen LogP contribution in [-0.4, -0.2) is 35.7 Å². The van der Waals surface area contributed by atoms with Crippen molar-refractivity contribution < 1.29 is 19.4 Å². The van der Waals surface area contributed by atoms with Crippen molar-refractivity contribution in [3.8, 4) is 5.75 Å². The molecule has 0 saturated carbocycles. The molecule has 0 radical (unpaired) electrons. The number of halogens is 1. The van der Waals surface area contributed by atoms with Gasteiger partial charge < -0.3 is 14.7 Å². The molecule has 1 heterocycles. The van der Waals surface area contributed by atoms with E-state index >= 15 is 0 Å². The van der Waals surface area contributed by atoms with Gasteiger partial charge in [-0.3, -0.25) is 14.9 Å². The first-order valence-corrected chi connectivity index (χ1v) is 10.4. The third-order valence-electron chi connectivity index (χ3n) is 5.43. The zero-order valence-corrected chi connectivity index (χ0v) is 19.2. The van der Waals surface area contributed by atoms with Crippen molar-refractivity contribution in [1.82, 2.24) is 5.32 Å². The number of carboxylic acid groups (broad SMARTS) is 1. The van der Waals surface area contributed by atoms with Crippen LogP contribution in [0, 0.1) is 5.92 Å². The average Bonchev–Trinajstić information content (AvgIpc) is 2.83. The van der Waals surface area contributed by atoms with Crippen molar-refractivity contribution in [2.24, 2.45) is 5.92 Å². The molecule has 168 valence electrons. The van der Waals surface area contributed by atoms with Gasteiger partial charge in [0, 0.05) is 0 Å². The van der Waals surface area contributed by atoms with Gasteiger partial charge in [0.25, 0.3) is 0 Å². The maximum atomic E-state index is 13.5. The van der Waals surface area contributed by atoms with E-state index in [1.165, 1.54) is 5.56 Å². The molecule has 0 unspecified atom stereocenters. The molecule has 0 bridgehead atoms. The number of para-hydroxylation sites is 2. The molecule has 1 aliphatic rings. The highest BCUT2D eigenvalue weighted by molar-refractivity contribution is 5.99. The van der Waals surface area contributed by atoms with Crippen LogP contribution in [0.25, 0.3) is 0 Å². The maximum absolute atomic E-state index is 13.5. The fraction of sp³-hybridized carbons (Fsp3) is 0.417. The van der Waals surface area contributed by atoms with Gasteiger partial charge in [0.15, 0.2) is 0 Å². The van der Waals surface area contributed by atoms with E-state index in [0.717, 1.165) is 5.56 Å². The molecular weight excluding hydrogens is 416 g/mol. The van der Waals surface area contributed by atoms with Gasteiger partial charge in [0.05, 0.1) is 12.2 Å². The highest BCUT2D eigenvalue weighted by Gasteiger charge is 2.35. The Hall–Kier alpha value is -2.57. The quantitative estimate of drug-likeness (QED) is 0.665. The molecular formula is C24H31ClN2O4. The zero-order chi connectivity index (χ0) is 21.8. The van der Waals surface area contributed by atoms with Gasteiger partial charge in [-0.25, -0.2) is 0 Å². The maximum Gasteiger partial charge on any atom is 0.320 e. The summed E-state index contributed by atoms with van der Waals surface area (Å²) < 4.78 is 5.89. The molecule has 1 aliphatic heterocycles. The number of nitrogens with one attached hydrogen (secondary N) is 1. The Morgan fingerprint density at radius 2 is 1.77 bits per heavy atom. The average molecular weight is 447 g/mol. The van der Waals surface area contributed by atoms with Crippen LogP contribution in [0.2, 0.25) is 0 Å². The fourth-order valence-electron chi connectivity index (χ4n) is 3.59. The molecule has 0 fully saturated rings. The molecule has 6 nitrogen and oxygen atoms in total. The smallest absolute Gasteiger partial charge is 0.320 e. The van der Waals surface area contributed by atoms with E-state index in [1.54, 1.807) is 4.90 Å². The van der Waals surface area contributed by atoms with Crippen LogP contribution in [0.4, 0.5) is 5.69 Å². The number of amides is 1. The number of fused-ring (bicyclic) bond motifs is 1. The van der Waals surface area contributed by atoms with Gasteiger partial charge in [-0.1, -0.05) is 64.1 Å². The van der Waals surface area contributed by atoms with Crippen molar-refractivity contribution in [2.45, 2.75) is 52.2 Å². The fourth-order valence-corrected chi connectivity index (χ4v) is 3.59. The number of anilines is 1. The lowest BCUT2D eigenvalue weighted by Gasteiger charge is -2.28. The third-order valence-corrected chi connectivity index (χ3v) is 5.43. The van der Waals surface area contributed by atoms with Gasteiger partial charge in [-0.05, 0) is 35.1 Å². The molecule has 3 rings (SSSR count). The Morgan fingerprint density at radius 1 is 1.13 bits per heavy atom. The molecule has 0 aromatic heterocycles. The van der Waals surface area contributed by atoms with Crippen molar-refractivity contribution in [3.63, 3.8) is 0 Å². The number of carboxylic acids is 1. The Bertz CT molecular complexity index is 899. The van der Waals surface area contributed by atoms with Crippen LogP contribution in [0.3, 0.4) is 0 Å². The Morgan fingerprint density at radius 3 is 2.35 bits per heavy atom. The lowest BCUT2D eigenvalue weighted by molar-refractivity contribution is -0.141.